The van der Waals surface area contributed by atoms with Crippen LogP contribution in [-0.4, -0.2) is 82.5 Å². The number of carbonyl (C=O) groups excluding carboxylic acids is 1. The van der Waals surface area contributed by atoms with E-state index in [9.17, 15) is 22.7 Å². The van der Waals surface area contributed by atoms with Gasteiger partial charge in [-0.15, -0.1) is 5.10 Å². The van der Waals surface area contributed by atoms with Gasteiger partial charge in [0.1, 0.15) is 5.82 Å². The van der Waals surface area contributed by atoms with E-state index < -0.39 is 21.9 Å². The third kappa shape index (κ3) is 6.17. The number of rotatable bonds is 6. The molecule has 1 amide bonds. The first-order valence-corrected chi connectivity index (χ1v) is 12.7. The summed E-state index contributed by atoms with van der Waals surface area (Å²) in [5.74, 6) is -0.875. The zero-order valence-corrected chi connectivity index (χ0v) is 20.5. The first kappa shape index (κ1) is 26.2. The number of aliphatic hydroxyl groups excluding tert-OH is 1. The summed E-state index contributed by atoms with van der Waals surface area (Å²) in [6, 6.07) is 4.26. The maximum atomic E-state index is 13.3. The highest BCUT2D eigenvalue weighted by atomic mass is 32.2. The molecule has 1 aromatic carbocycles. The first-order valence-electron chi connectivity index (χ1n) is 11.2. The van der Waals surface area contributed by atoms with Crippen LogP contribution in [0.5, 0.6) is 0 Å². The summed E-state index contributed by atoms with van der Waals surface area (Å²) in [6.45, 7) is 4.45. The predicted octanol–water partition coefficient (Wildman–Crippen LogP) is 1.26. The normalized spacial score (nSPS) is 21.6. The van der Waals surface area contributed by atoms with Gasteiger partial charge >= 0.3 is 0 Å². The van der Waals surface area contributed by atoms with Gasteiger partial charge in [-0.1, -0.05) is 12.1 Å². The highest BCUT2D eigenvalue weighted by molar-refractivity contribution is 7.89. The second-order valence-corrected chi connectivity index (χ2v) is 10.7. The molecule has 1 aliphatic heterocycles. The van der Waals surface area contributed by atoms with Crippen molar-refractivity contribution in [2.75, 3.05) is 26.7 Å². The van der Waals surface area contributed by atoms with Crippen molar-refractivity contribution in [1.82, 2.24) is 24.2 Å². The van der Waals surface area contributed by atoms with Crippen molar-refractivity contribution in [2.45, 2.75) is 56.9 Å². The Morgan fingerprint density at radius 2 is 2.03 bits per heavy atom. The summed E-state index contributed by atoms with van der Waals surface area (Å²) in [6.07, 6.45) is 1.87. The van der Waals surface area contributed by atoms with Crippen LogP contribution >= 0.6 is 0 Å². The third-order valence-electron chi connectivity index (χ3n) is 6.10. The van der Waals surface area contributed by atoms with E-state index in [1.807, 2.05) is 6.92 Å². The largest absolute Gasteiger partial charge is 0.394 e. The van der Waals surface area contributed by atoms with Crippen LogP contribution in [0, 0.1) is 11.7 Å². The Labute approximate surface area is 199 Å². The molecule has 0 saturated carbocycles. The number of hydrogen-bond donors (Lipinski definition) is 1. The van der Waals surface area contributed by atoms with Gasteiger partial charge in [-0.05, 0) is 37.6 Å². The van der Waals surface area contributed by atoms with Gasteiger partial charge in [0.25, 0.3) is 0 Å². The monoisotopic (exact) mass is 497 g/mol. The van der Waals surface area contributed by atoms with Gasteiger partial charge in [0.2, 0.25) is 15.9 Å². The lowest BCUT2D eigenvalue weighted by Gasteiger charge is -2.35. The number of carbonyl (C=O) groups is 1. The van der Waals surface area contributed by atoms with Crippen LogP contribution in [0.1, 0.15) is 32.4 Å². The van der Waals surface area contributed by atoms with Gasteiger partial charge in [-0.2, -0.15) is 4.31 Å². The fraction of sp³-hybridized carbons (Fsp3) is 0.591. The van der Waals surface area contributed by atoms with E-state index in [4.69, 9.17) is 4.74 Å². The van der Waals surface area contributed by atoms with Gasteiger partial charge in [-0.25, -0.2) is 17.5 Å². The molecular formula is C22H32FN5O5S. The molecule has 1 N–H and O–H groups in total. The SMILES string of the molecule is C[C@H]1CN([C@@H](C)CO)C(=O)CCCn2nncc2CO[C@H]1CN(C)S(=O)(=O)c1ccc(F)cc1. The number of aromatic nitrogens is 3. The number of fused-ring (bicyclic) bond motifs is 1. The number of aryl methyl sites for hydroxylation is 1. The number of amides is 1. The molecule has 34 heavy (non-hydrogen) atoms. The Hall–Kier alpha value is -2.41. The number of aliphatic hydroxyl groups is 1. The highest BCUT2D eigenvalue weighted by Gasteiger charge is 2.31. The summed E-state index contributed by atoms with van der Waals surface area (Å²) >= 11 is 0. The molecule has 1 aromatic heterocycles. The Morgan fingerprint density at radius 1 is 1.32 bits per heavy atom. The Bertz CT molecular complexity index is 1060. The van der Waals surface area contributed by atoms with Crippen molar-refractivity contribution < 1.29 is 27.4 Å². The van der Waals surface area contributed by atoms with Crippen LogP contribution in [-0.2, 0) is 32.7 Å². The van der Waals surface area contributed by atoms with Crippen molar-refractivity contribution in [1.29, 1.82) is 0 Å². The first-order chi connectivity index (χ1) is 16.1. The molecule has 3 atom stereocenters. The summed E-state index contributed by atoms with van der Waals surface area (Å²) in [5, 5.41) is 17.7. The van der Waals surface area contributed by atoms with Crippen LogP contribution < -0.4 is 0 Å². The number of sulfonamides is 1. The van der Waals surface area contributed by atoms with Crippen molar-refractivity contribution in [2.24, 2.45) is 5.92 Å². The van der Waals surface area contributed by atoms with Crippen molar-refractivity contribution in [3.05, 3.63) is 42.0 Å². The lowest BCUT2D eigenvalue weighted by Crippen LogP contribution is -2.47. The quantitative estimate of drug-likeness (QED) is 0.638. The second kappa shape index (κ2) is 11.3. The predicted molar refractivity (Wildman–Crippen MR) is 121 cm³/mol. The summed E-state index contributed by atoms with van der Waals surface area (Å²) in [7, 11) is -2.45. The molecule has 0 fully saturated rings. The minimum atomic E-state index is -3.89. The van der Waals surface area contributed by atoms with Crippen LogP contribution in [0.25, 0.3) is 0 Å². The number of halogens is 1. The van der Waals surface area contributed by atoms with Gasteiger partial charge in [0, 0.05) is 39.0 Å². The topological polar surface area (TPSA) is 118 Å². The summed E-state index contributed by atoms with van der Waals surface area (Å²) in [5.41, 5.74) is 0.731. The minimum Gasteiger partial charge on any atom is -0.394 e. The van der Waals surface area contributed by atoms with E-state index in [1.54, 1.807) is 22.7 Å². The summed E-state index contributed by atoms with van der Waals surface area (Å²) < 4.78 is 48.4. The maximum Gasteiger partial charge on any atom is 0.242 e. The molecule has 0 aliphatic carbocycles. The third-order valence-corrected chi connectivity index (χ3v) is 7.94. The van der Waals surface area contributed by atoms with Crippen LogP contribution in [0.15, 0.2) is 35.4 Å². The molecule has 10 nitrogen and oxygen atoms in total. The number of hydrogen-bond acceptors (Lipinski definition) is 7. The van der Waals surface area contributed by atoms with Crippen molar-refractivity contribution in [3.8, 4) is 0 Å². The number of ether oxygens (including phenoxy) is 1. The fourth-order valence-corrected chi connectivity index (χ4v) is 5.07. The lowest BCUT2D eigenvalue weighted by atomic mass is 10.0. The Kier molecular flexibility index (Phi) is 8.74. The Balaban J connectivity index is 1.86. The molecule has 1 aliphatic rings. The van der Waals surface area contributed by atoms with E-state index >= 15 is 0 Å². The number of benzene rings is 1. The molecule has 2 heterocycles. The van der Waals surface area contributed by atoms with Crippen LogP contribution in [0.2, 0.25) is 0 Å². The van der Waals surface area contributed by atoms with Crippen molar-refractivity contribution >= 4 is 15.9 Å². The number of nitrogens with zero attached hydrogens (tertiary/aromatic N) is 5. The van der Waals surface area contributed by atoms with Gasteiger partial charge in [0.05, 0.1) is 42.1 Å². The van der Waals surface area contributed by atoms with Gasteiger partial charge in [0.15, 0.2) is 0 Å². The van der Waals surface area contributed by atoms with Crippen molar-refractivity contribution in [3.63, 3.8) is 0 Å². The van der Waals surface area contributed by atoms with E-state index in [-0.39, 0.29) is 42.5 Å². The Morgan fingerprint density at radius 3 is 2.71 bits per heavy atom. The fourth-order valence-electron chi connectivity index (χ4n) is 3.88. The molecule has 0 spiro atoms. The van der Waals surface area contributed by atoms with Crippen LogP contribution in [0.3, 0.4) is 0 Å². The van der Waals surface area contributed by atoms with Gasteiger partial charge in [-0.3, -0.25) is 4.79 Å². The molecule has 0 unspecified atom stereocenters. The molecule has 188 valence electrons. The molecule has 0 saturated heterocycles. The van der Waals surface area contributed by atoms with E-state index in [2.05, 4.69) is 10.3 Å². The minimum absolute atomic E-state index is 0.0119. The lowest BCUT2D eigenvalue weighted by molar-refractivity contribution is -0.136. The smallest absolute Gasteiger partial charge is 0.242 e. The molecule has 0 bridgehead atoms. The average molecular weight is 498 g/mol. The molecule has 3 rings (SSSR count). The van der Waals surface area contributed by atoms with E-state index in [0.717, 1.165) is 17.8 Å². The zero-order valence-electron chi connectivity index (χ0n) is 19.7. The summed E-state index contributed by atoms with van der Waals surface area (Å²) in [4.78, 5) is 14.5. The van der Waals surface area contributed by atoms with E-state index in [1.165, 1.54) is 23.5 Å². The zero-order chi connectivity index (χ0) is 24.9. The highest BCUT2D eigenvalue weighted by Crippen LogP contribution is 2.21. The average Bonchev–Trinajstić information content (AvgIpc) is 3.25. The van der Waals surface area contributed by atoms with Gasteiger partial charge < -0.3 is 14.7 Å². The molecule has 0 radical (unpaired) electrons. The molecule has 12 heteroatoms. The molecular weight excluding hydrogens is 465 g/mol. The maximum absolute atomic E-state index is 13.3. The number of likely N-dealkylation sites (N-methyl/N-ethyl adjacent to an activating group) is 1. The molecule has 2 aromatic rings. The second-order valence-electron chi connectivity index (χ2n) is 8.70. The van der Waals surface area contributed by atoms with Crippen LogP contribution in [0.4, 0.5) is 4.39 Å². The van der Waals surface area contributed by atoms with E-state index in [0.29, 0.717) is 25.9 Å². The standard InChI is InChI=1S/C22H32FN5O5S/c1-16-12-27(17(2)14-29)22(30)5-4-10-28-19(11-24-25-28)15-33-21(16)13-26(3)34(31,32)20-8-6-18(23)7-9-20/h6-9,11,16-17,21,29H,4-5,10,12-15H2,1-3H3/t16-,17-,21-/m0/s1.